The zero-order valence-electron chi connectivity index (χ0n) is 11.3. The lowest BCUT2D eigenvalue weighted by molar-refractivity contribution is 0.423. The summed E-state index contributed by atoms with van der Waals surface area (Å²) in [5, 5.41) is 7.64. The van der Waals surface area contributed by atoms with Crippen molar-refractivity contribution in [2.45, 2.75) is 39.8 Å². The summed E-state index contributed by atoms with van der Waals surface area (Å²) in [6.45, 7) is 9.16. The molecule has 0 saturated heterocycles. The van der Waals surface area contributed by atoms with Crippen LogP contribution in [0.5, 0.6) is 0 Å². The maximum Gasteiger partial charge on any atom is 0.138 e. The summed E-state index contributed by atoms with van der Waals surface area (Å²) in [7, 11) is 0. The zero-order valence-corrected chi connectivity index (χ0v) is 11.3. The van der Waals surface area contributed by atoms with E-state index in [4.69, 9.17) is 0 Å². The predicted molar refractivity (Wildman–Crippen MR) is 70.5 cm³/mol. The maximum absolute atomic E-state index is 4.35. The van der Waals surface area contributed by atoms with Crippen molar-refractivity contribution in [3.63, 3.8) is 0 Å². The minimum atomic E-state index is 0.0739. The number of nitrogens with zero attached hydrogens (tertiary/aromatic N) is 4. The summed E-state index contributed by atoms with van der Waals surface area (Å²) < 4.78 is 1.77. The summed E-state index contributed by atoms with van der Waals surface area (Å²) in [4.78, 5) is 8.34. The molecule has 18 heavy (non-hydrogen) atoms. The molecule has 0 aliphatic carbocycles. The van der Waals surface area contributed by atoms with Crippen LogP contribution >= 0.6 is 0 Å². The highest BCUT2D eigenvalue weighted by Crippen LogP contribution is 2.14. The van der Waals surface area contributed by atoms with Crippen LogP contribution in [0.4, 0.5) is 0 Å². The standard InChI is InChI=1S/C13H19N5/c1-10-5-12(18-9-14-8-17-18)11(6-15-10)7-16-13(2,3)4/h5-6,8-9,16H,7H2,1-4H3. The summed E-state index contributed by atoms with van der Waals surface area (Å²) in [5.41, 5.74) is 3.18. The van der Waals surface area contributed by atoms with Gasteiger partial charge in [0.15, 0.2) is 0 Å². The van der Waals surface area contributed by atoms with E-state index in [1.807, 2.05) is 19.2 Å². The highest BCUT2D eigenvalue weighted by atomic mass is 15.3. The Kier molecular flexibility index (Phi) is 3.43. The van der Waals surface area contributed by atoms with Gasteiger partial charge in [-0.25, -0.2) is 9.67 Å². The Balaban J connectivity index is 2.30. The van der Waals surface area contributed by atoms with E-state index in [1.165, 1.54) is 6.33 Å². The third-order valence-corrected chi connectivity index (χ3v) is 2.57. The Labute approximate surface area is 107 Å². The Morgan fingerprint density at radius 2 is 2.11 bits per heavy atom. The molecule has 2 aromatic heterocycles. The third-order valence-electron chi connectivity index (χ3n) is 2.57. The molecule has 2 heterocycles. The van der Waals surface area contributed by atoms with Crippen LogP contribution in [0.15, 0.2) is 24.9 Å². The van der Waals surface area contributed by atoms with Crippen LogP contribution in [0.25, 0.3) is 5.69 Å². The first-order valence-corrected chi connectivity index (χ1v) is 6.01. The number of nitrogens with one attached hydrogen (secondary N) is 1. The Morgan fingerprint density at radius 3 is 2.72 bits per heavy atom. The highest BCUT2D eigenvalue weighted by Gasteiger charge is 2.12. The first kappa shape index (κ1) is 12.7. The van der Waals surface area contributed by atoms with Gasteiger partial charge in [-0.15, -0.1) is 0 Å². The fourth-order valence-electron chi connectivity index (χ4n) is 1.62. The molecular formula is C13H19N5. The van der Waals surface area contributed by atoms with Crippen molar-refractivity contribution in [2.24, 2.45) is 0 Å². The van der Waals surface area contributed by atoms with Gasteiger partial charge in [0, 0.05) is 29.5 Å². The Morgan fingerprint density at radius 1 is 1.33 bits per heavy atom. The van der Waals surface area contributed by atoms with Gasteiger partial charge in [-0.1, -0.05) is 0 Å². The maximum atomic E-state index is 4.35. The fourth-order valence-corrected chi connectivity index (χ4v) is 1.62. The molecule has 2 aromatic rings. The zero-order chi connectivity index (χ0) is 13.2. The molecule has 0 fully saturated rings. The smallest absolute Gasteiger partial charge is 0.138 e. The quantitative estimate of drug-likeness (QED) is 0.896. The summed E-state index contributed by atoms with van der Waals surface area (Å²) in [5.74, 6) is 0. The molecular weight excluding hydrogens is 226 g/mol. The SMILES string of the molecule is Cc1cc(-n2cncn2)c(CNC(C)(C)C)cn1. The van der Waals surface area contributed by atoms with Crippen LogP contribution in [0.3, 0.4) is 0 Å². The average molecular weight is 245 g/mol. The summed E-state index contributed by atoms with van der Waals surface area (Å²) in [6.07, 6.45) is 5.14. The minimum absolute atomic E-state index is 0.0739. The molecule has 0 aliphatic rings. The molecule has 5 heteroatoms. The van der Waals surface area contributed by atoms with E-state index in [0.29, 0.717) is 0 Å². The molecule has 0 spiro atoms. The lowest BCUT2D eigenvalue weighted by atomic mass is 10.1. The molecule has 0 unspecified atom stereocenters. The summed E-state index contributed by atoms with van der Waals surface area (Å²) in [6, 6.07) is 2.02. The van der Waals surface area contributed by atoms with Gasteiger partial charge < -0.3 is 5.32 Å². The van der Waals surface area contributed by atoms with Crippen LogP contribution in [0.1, 0.15) is 32.0 Å². The van der Waals surface area contributed by atoms with Gasteiger partial charge in [0.1, 0.15) is 12.7 Å². The van der Waals surface area contributed by atoms with Crippen molar-refractivity contribution in [1.29, 1.82) is 0 Å². The molecule has 1 N–H and O–H groups in total. The van der Waals surface area contributed by atoms with Crippen LogP contribution in [0.2, 0.25) is 0 Å². The second-order valence-electron chi connectivity index (χ2n) is 5.40. The number of hydrogen-bond acceptors (Lipinski definition) is 4. The molecule has 0 bridgehead atoms. The van der Waals surface area contributed by atoms with Gasteiger partial charge in [-0.3, -0.25) is 4.98 Å². The lowest BCUT2D eigenvalue weighted by Crippen LogP contribution is -2.35. The molecule has 0 amide bonds. The fraction of sp³-hybridized carbons (Fsp3) is 0.462. The lowest BCUT2D eigenvalue weighted by Gasteiger charge is -2.21. The van der Waals surface area contributed by atoms with E-state index in [9.17, 15) is 0 Å². The Hall–Kier alpha value is -1.75. The molecule has 0 saturated carbocycles. The van der Waals surface area contributed by atoms with Crippen LogP contribution in [0, 0.1) is 6.92 Å². The van der Waals surface area contributed by atoms with E-state index in [-0.39, 0.29) is 5.54 Å². The van der Waals surface area contributed by atoms with Crippen LogP contribution in [-0.2, 0) is 6.54 Å². The minimum Gasteiger partial charge on any atom is -0.308 e. The van der Waals surface area contributed by atoms with Crippen molar-refractivity contribution in [3.8, 4) is 5.69 Å². The van der Waals surface area contributed by atoms with Gasteiger partial charge >= 0.3 is 0 Å². The first-order chi connectivity index (χ1) is 8.46. The molecule has 0 radical (unpaired) electrons. The van der Waals surface area contributed by atoms with E-state index < -0.39 is 0 Å². The van der Waals surface area contributed by atoms with Crippen molar-refractivity contribution < 1.29 is 0 Å². The average Bonchev–Trinajstić information content (AvgIpc) is 2.79. The molecule has 0 aliphatic heterocycles. The van der Waals surface area contributed by atoms with Gasteiger partial charge in [-0.2, -0.15) is 5.10 Å². The second-order valence-corrected chi connectivity index (χ2v) is 5.40. The third kappa shape index (κ3) is 3.13. The number of pyridine rings is 1. The Bertz CT molecular complexity index is 511. The van der Waals surface area contributed by atoms with E-state index in [0.717, 1.165) is 23.5 Å². The van der Waals surface area contributed by atoms with Gasteiger partial charge in [0.05, 0.1) is 5.69 Å². The number of aryl methyl sites for hydroxylation is 1. The van der Waals surface area contributed by atoms with Crippen molar-refractivity contribution in [2.75, 3.05) is 0 Å². The van der Waals surface area contributed by atoms with Gasteiger partial charge in [-0.05, 0) is 33.8 Å². The molecule has 5 nitrogen and oxygen atoms in total. The second kappa shape index (κ2) is 4.86. The van der Waals surface area contributed by atoms with Gasteiger partial charge in [0.25, 0.3) is 0 Å². The summed E-state index contributed by atoms with van der Waals surface area (Å²) >= 11 is 0. The molecule has 96 valence electrons. The molecule has 0 atom stereocenters. The number of rotatable bonds is 3. The van der Waals surface area contributed by atoms with Gasteiger partial charge in [0.2, 0.25) is 0 Å². The normalized spacial score (nSPS) is 11.8. The molecule has 2 rings (SSSR count). The van der Waals surface area contributed by atoms with Crippen molar-refractivity contribution >= 4 is 0 Å². The highest BCUT2D eigenvalue weighted by molar-refractivity contribution is 5.39. The first-order valence-electron chi connectivity index (χ1n) is 6.01. The van der Waals surface area contributed by atoms with E-state index in [2.05, 4.69) is 41.2 Å². The largest absolute Gasteiger partial charge is 0.308 e. The van der Waals surface area contributed by atoms with Crippen LogP contribution in [-0.4, -0.2) is 25.3 Å². The number of aromatic nitrogens is 4. The van der Waals surface area contributed by atoms with Crippen molar-refractivity contribution in [1.82, 2.24) is 25.1 Å². The van der Waals surface area contributed by atoms with E-state index in [1.54, 1.807) is 11.0 Å². The van der Waals surface area contributed by atoms with E-state index >= 15 is 0 Å². The topological polar surface area (TPSA) is 55.6 Å². The predicted octanol–water partition coefficient (Wildman–Crippen LogP) is 1.86. The van der Waals surface area contributed by atoms with Crippen LogP contribution < -0.4 is 5.32 Å². The molecule has 0 aromatic carbocycles. The van der Waals surface area contributed by atoms with Crippen molar-refractivity contribution in [3.05, 3.63) is 36.2 Å². The number of hydrogen-bond donors (Lipinski definition) is 1. The monoisotopic (exact) mass is 245 g/mol.